The monoisotopic (exact) mass is 330 g/mol. The van der Waals surface area contributed by atoms with Gasteiger partial charge in [0.15, 0.2) is 0 Å². The summed E-state index contributed by atoms with van der Waals surface area (Å²) in [6, 6.07) is 18.0. The van der Waals surface area contributed by atoms with Crippen molar-refractivity contribution < 1.29 is 0 Å². The van der Waals surface area contributed by atoms with E-state index in [0.717, 1.165) is 12.8 Å². The van der Waals surface area contributed by atoms with Crippen LogP contribution in [-0.2, 0) is 5.41 Å². The fourth-order valence-electron chi connectivity index (χ4n) is 4.18. The Hall–Kier alpha value is -2.08. The molecule has 0 aromatic heterocycles. The van der Waals surface area contributed by atoms with Gasteiger partial charge in [-0.3, -0.25) is 0 Å². The van der Waals surface area contributed by atoms with Crippen molar-refractivity contribution in [1.82, 2.24) is 0 Å². The van der Waals surface area contributed by atoms with Gasteiger partial charge >= 0.3 is 0 Å². The number of hydrogen-bond acceptors (Lipinski definition) is 0. The van der Waals surface area contributed by atoms with Gasteiger partial charge < -0.3 is 0 Å². The van der Waals surface area contributed by atoms with Gasteiger partial charge in [0.1, 0.15) is 0 Å². The third-order valence-electron chi connectivity index (χ3n) is 5.76. The van der Waals surface area contributed by atoms with Gasteiger partial charge in [-0.05, 0) is 48.4 Å². The molecule has 1 atom stereocenters. The minimum absolute atomic E-state index is 0.0832. The third kappa shape index (κ3) is 3.63. The molecule has 1 unspecified atom stereocenters. The first-order valence-corrected chi connectivity index (χ1v) is 9.56. The predicted molar refractivity (Wildman–Crippen MR) is 109 cm³/mol. The SMILES string of the molecule is CCC(c1ccccc1)c1ccc(C)c(C(C)(C)C2=CC=CCC2)c1. The van der Waals surface area contributed by atoms with Gasteiger partial charge in [0.25, 0.3) is 0 Å². The summed E-state index contributed by atoms with van der Waals surface area (Å²) in [5.74, 6) is 0.469. The van der Waals surface area contributed by atoms with Gasteiger partial charge in [0, 0.05) is 11.3 Å². The van der Waals surface area contributed by atoms with Gasteiger partial charge in [-0.25, -0.2) is 0 Å². The number of rotatable bonds is 5. The lowest BCUT2D eigenvalue weighted by molar-refractivity contribution is 0.584. The molecule has 0 aliphatic heterocycles. The molecule has 130 valence electrons. The Morgan fingerprint density at radius 1 is 1.00 bits per heavy atom. The van der Waals surface area contributed by atoms with Crippen molar-refractivity contribution in [3.63, 3.8) is 0 Å². The van der Waals surface area contributed by atoms with E-state index in [0.29, 0.717) is 5.92 Å². The summed E-state index contributed by atoms with van der Waals surface area (Å²) >= 11 is 0. The molecule has 0 heterocycles. The lowest BCUT2D eigenvalue weighted by Gasteiger charge is -2.32. The highest BCUT2D eigenvalue weighted by atomic mass is 14.3. The number of benzene rings is 2. The quantitative estimate of drug-likeness (QED) is 0.549. The van der Waals surface area contributed by atoms with E-state index in [2.05, 4.69) is 94.5 Å². The van der Waals surface area contributed by atoms with Crippen LogP contribution in [0.2, 0.25) is 0 Å². The maximum atomic E-state index is 2.47. The second-order valence-corrected chi connectivity index (χ2v) is 7.73. The van der Waals surface area contributed by atoms with E-state index in [4.69, 9.17) is 0 Å². The molecule has 2 aromatic carbocycles. The van der Waals surface area contributed by atoms with Crippen LogP contribution in [0.5, 0.6) is 0 Å². The summed E-state index contributed by atoms with van der Waals surface area (Å²) in [6.45, 7) is 9.31. The van der Waals surface area contributed by atoms with Gasteiger partial charge in [0.05, 0.1) is 0 Å². The molecule has 0 nitrogen and oxygen atoms in total. The summed E-state index contributed by atoms with van der Waals surface area (Å²) < 4.78 is 0. The second kappa shape index (κ2) is 7.44. The molecule has 0 radical (unpaired) electrons. The average molecular weight is 331 g/mol. The molecule has 0 amide bonds. The van der Waals surface area contributed by atoms with Gasteiger partial charge in [-0.15, -0.1) is 0 Å². The number of hydrogen-bond donors (Lipinski definition) is 0. The maximum Gasteiger partial charge on any atom is 0.0111 e. The first-order valence-electron chi connectivity index (χ1n) is 9.56. The highest BCUT2D eigenvalue weighted by molar-refractivity contribution is 5.46. The van der Waals surface area contributed by atoms with Gasteiger partial charge in [-0.1, -0.05) is 93.1 Å². The minimum atomic E-state index is 0.0832. The van der Waals surface area contributed by atoms with Crippen LogP contribution < -0.4 is 0 Å². The van der Waals surface area contributed by atoms with Crippen LogP contribution in [0.4, 0.5) is 0 Å². The zero-order valence-electron chi connectivity index (χ0n) is 16.0. The highest BCUT2D eigenvalue weighted by Crippen LogP contribution is 2.39. The summed E-state index contributed by atoms with van der Waals surface area (Å²) in [6.07, 6.45) is 10.3. The fraction of sp³-hybridized carbons (Fsp3) is 0.360. The Bertz CT molecular complexity index is 775. The normalized spacial score (nSPS) is 15.8. The smallest absolute Gasteiger partial charge is 0.0111 e. The zero-order chi connectivity index (χ0) is 17.9. The number of allylic oxidation sites excluding steroid dienone is 4. The molecule has 0 N–H and O–H groups in total. The van der Waals surface area contributed by atoms with E-state index in [9.17, 15) is 0 Å². The lowest BCUT2D eigenvalue weighted by atomic mass is 9.72. The van der Waals surface area contributed by atoms with E-state index in [1.165, 1.54) is 28.7 Å². The molecular weight excluding hydrogens is 300 g/mol. The van der Waals surface area contributed by atoms with Crippen molar-refractivity contribution in [2.45, 2.75) is 58.3 Å². The second-order valence-electron chi connectivity index (χ2n) is 7.73. The Labute approximate surface area is 153 Å². The molecular formula is C25H30. The van der Waals surface area contributed by atoms with Crippen LogP contribution in [0, 0.1) is 6.92 Å². The van der Waals surface area contributed by atoms with Crippen LogP contribution in [-0.4, -0.2) is 0 Å². The standard InChI is InChI=1S/C25H30/c1-5-23(20-12-8-6-9-13-20)21-17-16-19(2)24(18-21)25(3,4)22-14-10-7-11-15-22/h6-10,12-14,16-18,23H,5,11,15H2,1-4H3. The average Bonchev–Trinajstić information content (AvgIpc) is 2.65. The maximum absolute atomic E-state index is 2.47. The van der Waals surface area contributed by atoms with Crippen LogP contribution in [0.3, 0.4) is 0 Å². The summed E-state index contributed by atoms with van der Waals surface area (Å²) in [5.41, 5.74) is 7.35. The van der Waals surface area contributed by atoms with Crippen molar-refractivity contribution in [2.75, 3.05) is 0 Å². The molecule has 0 heteroatoms. The molecule has 1 aliphatic carbocycles. The third-order valence-corrected chi connectivity index (χ3v) is 5.76. The van der Waals surface area contributed by atoms with E-state index < -0.39 is 0 Å². The van der Waals surface area contributed by atoms with Crippen molar-refractivity contribution >= 4 is 0 Å². The molecule has 1 aliphatic rings. The van der Waals surface area contributed by atoms with E-state index >= 15 is 0 Å². The van der Waals surface area contributed by atoms with Crippen molar-refractivity contribution in [1.29, 1.82) is 0 Å². The van der Waals surface area contributed by atoms with Crippen LogP contribution >= 0.6 is 0 Å². The largest absolute Gasteiger partial charge is 0.0842 e. The minimum Gasteiger partial charge on any atom is -0.0842 e. The summed E-state index contributed by atoms with van der Waals surface area (Å²) in [4.78, 5) is 0. The highest BCUT2D eigenvalue weighted by Gasteiger charge is 2.28. The molecule has 0 bridgehead atoms. The Kier molecular flexibility index (Phi) is 5.27. The molecule has 0 fully saturated rings. The van der Waals surface area contributed by atoms with E-state index in [1.807, 2.05) is 0 Å². The molecule has 0 saturated heterocycles. The van der Waals surface area contributed by atoms with Crippen molar-refractivity contribution in [3.05, 3.63) is 94.6 Å². The molecule has 25 heavy (non-hydrogen) atoms. The fourth-order valence-corrected chi connectivity index (χ4v) is 4.18. The van der Waals surface area contributed by atoms with Crippen LogP contribution in [0.15, 0.2) is 72.3 Å². The Morgan fingerprint density at radius 2 is 1.76 bits per heavy atom. The van der Waals surface area contributed by atoms with Gasteiger partial charge in [0.2, 0.25) is 0 Å². The first kappa shape index (κ1) is 17.7. The first-order chi connectivity index (χ1) is 12.0. The van der Waals surface area contributed by atoms with Crippen LogP contribution in [0.25, 0.3) is 0 Å². The van der Waals surface area contributed by atoms with Crippen molar-refractivity contribution in [3.8, 4) is 0 Å². The lowest BCUT2D eigenvalue weighted by Crippen LogP contribution is -2.23. The Balaban J connectivity index is 2.03. The molecule has 3 rings (SSSR count). The topological polar surface area (TPSA) is 0 Å². The molecule has 0 spiro atoms. The molecule has 2 aromatic rings. The molecule has 0 saturated carbocycles. The van der Waals surface area contributed by atoms with E-state index in [-0.39, 0.29) is 5.41 Å². The van der Waals surface area contributed by atoms with E-state index in [1.54, 1.807) is 5.57 Å². The number of aryl methyl sites for hydroxylation is 1. The predicted octanol–water partition coefficient (Wildman–Crippen LogP) is 7.09. The Morgan fingerprint density at radius 3 is 2.40 bits per heavy atom. The zero-order valence-corrected chi connectivity index (χ0v) is 16.0. The van der Waals surface area contributed by atoms with Crippen LogP contribution in [0.1, 0.15) is 68.2 Å². The van der Waals surface area contributed by atoms with Gasteiger partial charge in [-0.2, -0.15) is 0 Å². The summed E-state index contributed by atoms with van der Waals surface area (Å²) in [5, 5.41) is 0. The summed E-state index contributed by atoms with van der Waals surface area (Å²) in [7, 11) is 0. The van der Waals surface area contributed by atoms with Crippen molar-refractivity contribution in [2.24, 2.45) is 0 Å².